The maximum absolute atomic E-state index is 12.2. The summed E-state index contributed by atoms with van der Waals surface area (Å²) in [6.45, 7) is 2.43. The van der Waals surface area contributed by atoms with Gasteiger partial charge in [-0.1, -0.05) is 23.7 Å². The van der Waals surface area contributed by atoms with Gasteiger partial charge in [0.25, 0.3) is 5.91 Å². The first-order chi connectivity index (χ1) is 8.61. The Bertz CT molecular complexity index is 679. The Morgan fingerprint density at radius 2 is 2.11 bits per heavy atom. The molecule has 0 saturated carbocycles. The van der Waals surface area contributed by atoms with Crippen molar-refractivity contribution in [3.63, 3.8) is 0 Å². The fourth-order valence-electron chi connectivity index (χ4n) is 1.95. The number of para-hydroxylation sites is 1. The van der Waals surface area contributed by atoms with E-state index in [1.165, 1.54) is 0 Å². The van der Waals surface area contributed by atoms with Crippen LogP contribution in [0.3, 0.4) is 0 Å². The number of nitrogens with one attached hydrogen (secondary N) is 1. The molecule has 1 aromatic carbocycles. The van der Waals surface area contributed by atoms with E-state index < -0.39 is 11.3 Å². The number of pyridine rings is 1. The number of halogens is 1. The van der Waals surface area contributed by atoms with Crippen molar-refractivity contribution in [2.45, 2.75) is 13.5 Å². The maximum Gasteiger partial charge on any atom is 0.272 e. The van der Waals surface area contributed by atoms with Gasteiger partial charge in [0.1, 0.15) is 10.7 Å². The molecule has 5 nitrogen and oxygen atoms in total. The third-order valence-electron chi connectivity index (χ3n) is 2.78. The molecule has 0 unspecified atom stereocenters. The van der Waals surface area contributed by atoms with Gasteiger partial charge in [-0.25, -0.2) is 5.84 Å². The fourth-order valence-corrected chi connectivity index (χ4v) is 2.33. The summed E-state index contributed by atoms with van der Waals surface area (Å²) in [6.07, 6.45) is 0. The van der Waals surface area contributed by atoms with E-state index in [-0.39, 0.29) is 10.7 Å². The molecule has 3 N–H and O–H groups in total. The molecule has 1 aromatic heterocycles. The van der Waals surface area contributed by atoms with Crippen molar-refractivity contribution in [2.24, 2.45) is 5.84 Å². The Labute approximate surface area is 108 Å². The van der Waals surface area contributed by atoms with Gasteiger partial charge < -0.3 is 4.57 Å². The third kappa shape index (κ3) is 1.77. The van der Waals surface area contributed by atoms with E-state index in [0.29, 0.717) is 17.4 Å². The SMILES string of the molecule is CCn1c(Cl)c(C(=O)NN)c(=O)c2ccccc21. The molecule has 6 heteroatoms. The van der Waals surface area contributed by atoms with Gasteiger partial charge >= 0.3 is 0 Å². The summed E-state index contributed by atoms with van der Waals surface area (Å²) >= 11 is 6.11. The van der Waals surface area contributed by atoms with Gasteiger partial charge in [-0.2, -0.15) is 0 Å². The normalized spacial score (nSPS) is 10.6. The minimum absolute atomic E-state index is 0.101. The molecular weight excluding hydrogens is 254 g/mol. The van der Waals surface area contributed by atoms with Crippen LogP contribution in [0.5, 0.6) is 0 Å². The van der Waals surface area contributed by atoms with Gasteiger partial charge in [-0.05, 0) is 19.1 Å². The number of nitrogens with two attached hydrogens (primary N) is 1. The van der Waals surface area contributed by atoms with E-state index in [4.69, 9.17) is 17.4 Å². The zero-order valence-electron chi connectivity index (χ0n) is 9.74. The molecule has 0 aliphatic carbocycles. The molecule has 2 aromatic rings. The zero-order chi connectivity index (χ0) is 13.3. The highest BCUT2D eigenvalue weighted by Gasteiger charge is 2.19. The van der Waals surface area contributed by atoms with Crippen LogP contribution in [0.15, 0.2) is 29.1 Å². The highest BCUT2D eigenvalue weighted by Crippen LogP contribution is 2.20. The lowest BCUT2D eigenvalue weighted by atomic mass is 10.1. The molecule has 0 spiro atoms. The van der Waals surface area contributed by atoms with Crippen LogP contribution in [-0.2, 0) is 6.54 Å². The van der Waals surface area contributed by atoms with E-state index in [1.807, 2.05) is 18.4 Å². The average molecular weight is 266 g/mol. The van der Waals surface area contributed by atoms with E-state index in [1.54, 1.807) is 22.8 Å². The van der Waals surface area contributed by atoms with E-state index >= 15 is 0 Å². The molecular formula is C12H12ClN3O2. The number of aryl methyl sites for hydroxylation is 1. The number of nitrogen functional groups attached to an aromatic ring is 1. The van der Waals surface area contributed by atoms with Crippen LogP contribution in [0, 0.1) is 0 Å². The second-order valence-corrected chi connectivity index (χ2v) is 4.09. The number of rotatable bonds is 2. The Morgan fingerprint density at radius 1 is 1.44 bits per heavy atom. The third-order valence-corrected chi connectivity index (χ3v) is 3.18. The number of nitrogens with zero attached hydrogens (tertiary/aromatic N) is 1. The maximum atomic E-state index is 12.2. The summed E-state index contributed by atoms with van der Waals surface area (Å²) in [7, 11) is 0. The summed E-state index contributed by atoms with van der Waals surface area (Å²) < 4.78 is 1.70. The summed E-state index contributed by atoms with van der Waals surface area (Å²) in [5.41, 5.74) is 2.10. The first-order valence-corrected chi connectivity index (χ1v) is 5.81. The van der Waals surface area contributed by atoms with Crippen molar-refractivity contribution in [1.82, 2.24) is 9.99 Å². The Hall–Kier alpha value is -1.85. The van der Waals surface area contributed by atoms with Crippen molar-refractivity contribution >= 4 is 28.4 Å². The largest absolute Gasteiger partial charge is 0.331 e. The second-order valence-electron chi connectivity index (χ2n) is 3.73. The molecule has 2 rings (SSSR count). The standard InChI is InChI=1S/C12H12ClN3O2/c1-2-16-8-6-4-3-5-7(8)10(17)9(11(16)13)12(18)15-14/h3-6H,2,14H2,1H3,(H,15,18). The predicted molar refractivity (Wildman–Crippen MR) is 70.5 cm³/mol. The molecule has 0 bridgehead atoms. The molecule has 1 amide bonds. The van der Waals surface area contributed by atoms with Crippen molar-refractivity contribution < 1.29 is 4.79 Å². The minimum Gasteiger partial charge on any atom is -0.331 e. The van der Waals surface area contributed by atoms with E-state index in [0.717, 1.165) is 0 Å². The average Bonchev–Trinajstić information content (AvgIpc) is 2.39. The number of hydrogen-bond acceptors (Lipinski definition) is 3. The van der Waals surface area contributed by atoms with Gasteiger partial charge in [0.05, 0.1) is 5.52 Å². The van der Waals surface area contributed by atoms with Crippen LogP contribution in [0.25, 0.3) is 10.9 Å². The summed E-state index contributed by atoms with van der Waals surface area (Å²) in [5.74, 6) is 4.39. The van der Waals surface area contributed by atoms with Crippen LogP contribution in [0.4, 0.5) is 0 Å². The number of aromatic nitrogens is 1. The van der Waals surface area contributed by atoms with Crippen molar-refractivity contribution in [2.75, 3.05) is 0 Å². The molecule has 0 radical (unpaired) electrons. The lowest BCUT2D eigenvalue weighted by Gasteiger charge is -2.14. The number of hydrogen-bond donors (Lipinski definition) is 2. The lowest BCUT2D eigenvalue weighted by molar-refractivity contribution is 0.0952. The number of fused-ring (bicyclic) bond motifs is 1. The summed E-state index contributed by atoms with van der Waals surface area (Å²) in [5, 5.41) is 0.548. The molecule has 0 saturated heterocycles. The van der Waals surface area contributed by atoms with Crippen LogP contribution < -0.4 is 16.7 Å². The minimum atomic E-state index is -0.682. The molecule has 0 atom stereocenters. The van der Waals surface area contributed by atoms with Gasteiger partial charge in [0.2, 0.25) is 5.43 Å². The van der Waals surface area contributed by atoms with Gasteiger partial charge in [-0.15, -0.1) is 0 Å². The predicted octanol–water partition coefficient (Wildman–Crippen LogP) is 1.28. The first-order valence-electron chi connectivity index (χ1n) is 5.43. The van der Waals surface area contributed by atoms with Gasteiger partial charge in [0.15, 0.2) is 0 Å². The number of carbonyl (C=O) groups is 1. The van der Waals surface area contributed by atoms with Gasteiger partial charge in [0, 0.05) is 11.9 Å². The first kappa shape index (κ1) is 12.6. The Morgan fingerprint density at radius 3 is 2.72 bits per heavy atom. The molecule has 18 heavy (non-hydrogen) atoms. The topological polar surface area (TPSA) is 77.1 Å². The second kappa shape index (κ2) is 4.80. The van der Waals surface area contributed by atoms with Crippen molar-refractivity contribution in [3.8, 4) is 0 Å². The number of benzene rings is 1. The number of carbonyl (C=O) groups excluding carboxylic acids is 1. The monoisotopic (exact) mass is 265 g/mol. The van der Waals surface area contributed by atoms with Crippen LogP contribution in [-0.4, -0.2) is 10.5 Å². The smallest absolute Gasteiger partial charge is 0.272 e. The number of hydrazine groups is 1. The van der Waals surface area contributed by atoms with Crippen molar-refractivity contribution in [1.29, 1.82) is 0 Å². The van der Waals surface area contributed by atoms with E-state index in [9.17, 15) is 9.59 Å². The van der Waals surface area contributed by atoms with Crippen LogP contribution >= 0.6 is 11.6 Å². The van der Waals surface area contributed by atoms with E-state index in [2.05, 4.69) is 0 Å². The highest BCUT2D eigenvalue weighted by molar-refractivity contribution is 6.33. The quantitative estimate of drug-likeness (QED) is 0.372. The Kier molecular flexibility index (Phi) is 3.36. The summed E-state index contributed by atoms with van der Waals surface area (Å²) in [6, 6.07) is 7.00. The van der Waals surface area contributed by atoms with Crippen molar-refractivity contribution in [3.05, 3.63) is 45.2 Å². The zero-order valence-corrected chi connectivity index (χ0v) is 10.5. The molecule has 94 valence electrons. The lowest BCUT2D eigenvalue weighted by Crippen LogP contribution is -2.35. The summed E-state index contributed by atoms with van der Waals surface area (Å²) in [4.78, 5) is 23.8. The number of amides is 1. The highest BCUT2D eigenvalue weighted by atomic mass is 35.5. The van der Waals surface area contributed by atoms with Crippen LogP contribution in [0.1, 0.15) is 17.3 Å². The van der Waals surface area contributed by atoms with Crippen LogP contribution in [0.2, 0.25) is 5.15 Å². The molecule has 1 heterocycles. The van der Waals surface area contributed by atoms with Gasteiger partial charge in [-0.3, -0.25) is 15.0 Å². The Balaban J connectivity index is 2.97. The molecule has 0 fully saturated rings. The molecule has 0 aliphatic heterocycles. The fraction of sp³-hybridized carbons (Fsp3) is 0.167. The molecule has 0 aliphatic rings.